The molecule has 2 aliphatic rings. The zero-order valence-corrected chi connectivity index (χ0v) is 15.4. The van der Waals surface area contributed by atoms with Gasteiger partial charge in [-0.25, -0.2) is 9.78 Å². The van der Waals surface area contributed by atoms with Gasteiger partial charge in [-0.1, -0.05) is 11.6 Å². The number of methoxy groups -OCH3 is 1. The van der Waals surface area contributed by atoms with E-state index in [1.807, 2.05) is 6.92 Å². The van der Waals surface area contributed by atoms with Crippen LogP contribution in [0.1, 0.15) is 32.6 Å². The number of halogens is 1. The van der Waals surface area contributed by atoms with E-state index in [1.165, 1.54) is 13.2 Å². The van der Waals surface area contributed by atoms with Gasteiger partial charge in [0.05, 0.1) is 7.11 Å². The summed E-state index contributed by atoms with van der Waals surface area (Å²) in [6.07, 6.45) is 3.30. The molecule has 138 valence electrons. The first-order chi connectivity index (χ1) is 12.1. The van der Waals surface area contributed by atoms with E-state index < -0.39 is 5.60 Å². The minimum Gasteiger partial charge on any atom is -0.466 e. The van der Waals surface area contributed by atoms with Gasteiger partial charge in [0.1, 0.15) is 5.15 Å². The number of esters is 1. The van der Waals surface area contributed by atoms with Crippen LogP contribution in [0, 0.1) is 5.92 Å². The summed E-state index contributed by atoms with van der Waals surface area (Å²) in [5.74, 6) is 1.05. The fraction of sp³-hybridized carbons (Fsp3) is 0.706. The molecule has 0 atom stereocenters. The highest BCUT2D eigenvalue weighted by molar-refractivity contribution is 6.29. The van der Waals surface area contributed by atoms with Crippen molar-refractivity contribution in [3.63, 3.8) is 0 Å². The Kier molecular flexibility index (Phi) is 5.64. The minimum absolute atomic E-state index is 0.303. The van der Waals surface area contributed by atoms with Gasteiger partial charge in [-0.05, 0) is 25.7 Å². The van der Waals surface area contributed by atoms with Crippen molar-refractivity contribution in [3.8, 4) is 5.88 Å². The van der Waals surface area contributed by atoms with Gasteiger partial charge in [-0.3, -0.25) is 0 Å². The van der Waals surface area contributed by atoms with Gasteiger partial charge in [-0.2, -0.15) is 4.98 Å². The molecule has 0 bridgehead atoms. The molecule has 0 N–H and O–H groups in total. The molecule has 1 saturated carbocycles. The van der Waals surface area contributed by atoms with Crippen molar-refractivity contribution < 1.29 is 19.0 Å². The van der Waals surface area contributed by atoms with E-state index in [9.17, 15) is 4.79 Å². The monoisotopic (exact) mass is 369 g/mol. The van der Waals surface area contributed by atoms with Crippen LogP contribution in [0.4, 0.5) is 5.95 Å². The fourth-order valence-corrected chi connectivity index (χ4v) is 3.18. The van der Waals surface area contributed by atoms with E-state index in [2.05, 4.69) is 14.9 Å². The normalized spacial score (nSPS) is 19.6. The molecule has 8 heteroatoms. The number of carbonyl (C=O) groups excluding carboxylic acids is 1. The molecule has 25 heavy (non-hydrogen) atoms. The first-order valence-corrected chi connectivity index (χ1v) is 9.09. The molecule has 3 rings (SSSR count). The van der Waals surface area contributed by atoms with Crippen molar-refractivity contribution in [3.05, 3.63) is 11.2 Å². The highest BCUT2D eigenvalue weighted by Crippen LogP contribution is 2.41. The van der Waals surface area contributed by atoms with Crippen molar-refractivity contribution >= 4 is 23.5 Å². The number of anilines is 1. The van der Waals surface area contributed by atoms with Gasteiger partial charge in [0.15, 0.2) is 0 Å². The first-order valence-electron chi connectivity index (χ1n) is 8.71. The highest BCUT2D eigenvalue weighted by atomic mass is 35.5. The van der Waals surface area contributed by atoms with Gasteiger partial charge in [0.2, 0.25) is 17.4 Å². The van der Waals surface area contributed by atoms with Crippen LogP contribution in [-0.2, 0) is 14.3 Å². The Balaban J connectivity index is 1.65. The summed E-state index contributed by atoms with van der Waals surface area (Å²) in [6, 6.07) is 1.54. The molecule has 0 radical (unpaired) electrons. The molecule has 2 heterocycles. The Hall–Kier alpha value is -1.60. The number of piperidine rings is 1. The molecule has 0 amide bonds. The Morgan fingerprint density at radius 3 is 2.68 bits per heavy atom. The largest absolute Gasteiger partial charge is 0.466 e. The second-order valence-electron chi connectivity index (χ2n) is 6.51. The van der Waals surface area contributed by atoms with Gasteiger partial charge in [0.25, 0.3) is 0 Å². The molecule has 2 fully saturated rings. The number of hydrogen-bond donors (Lipinski definition) is 0. The number of hydrogen-bond acceptors (Lipinski definition) is 7. The topological polar surface area (TPSA) is 73.8 Å². The quantitative estimate of drug-likeness (QED) is 0.540. The Labute approximate surface area is 152 Å². The lowest BCUT2D eigenvalue weighted by Gasteiger charge is -2.32. The van der Waals surface area contributed by atoms with Gasteiger partial charge < -0.3 is 19.1 Å². The smallest absolute Gasteiger partial charge is 0.350 e. The molecule has 7 nitrogen and oxygen atoms in total. The average molecular weight is 370 g/mol. The van der Waals surface area contributed by atoms with E-state index in [1.54, 1.807) is 0 Å². The van der Waals surface area contributed by atoms with E-state index in [0.29, 0.717) is 35.7 Å². The van der Waals surface area contributed by atoms with Crippen molar-refractivity contribution in [2.45, 2.75) is 38.2 Å². The van der Waals surface area contributed by atoms with Crippen LogP contribution in [0.2, 0.25) is 5.15 Å². The lowest BCUT2D eigenvalue weighted by Crippen LogP contribution is -2.36. The number of ether oxygens (including phenoxy) is 3. The number of rotatable bonds is 7. The molecule has 1 saturated heterocycles. The van der Waals surface area contributed by atoms with Gasteiger partial charge in [0, 0.05) is 45.2 Å². The lowest BCUT2D eigenvalue weighted by atomic mass is 9.98. The molecule has 1 aromatic rings. The van der Waals surface area contributed by atoms with Crippen molar-refractivity contribution in [2.24, 2.45) is 5.92 Å². The van der Waals surface area contributed by atoms with Crippen LogP contribution < -0.4 is 9.64 Å². The average Bonchev–Trinajstić information content (AvgIpc) is 3.39. The van der Waals surface area contributed by atoms with Crippen LogP contribution >= 0.6 is 11.6 Å². The van der Waals surface area contributed by atoms with Crippen molar-refractivity contribution in [1.82, 2.24) is 9.97 Å². The Morgan fingerprint density at radius 2 is 2.08 bits per heavy atom. The predicted octanol–water partition coefficient (Wildman–Crippen LogP) is 2.47. The summed E-state index contributed by atoms with van der Waals surface area (Å²) in [5.41, 5.74) is -0.909. The van der Waals surface area contributed by atoms with Crippen LogP contribution in [0.15, 0.2) is 6.07 Å². The molecule has 0 unspecified atom stereocenters. The number of aromatic nitrogens is 2. The SMILES string of the molecule is CCOCC1CCN(c2nc(Cl)cc(OC3(C(=O)OC)CC3)n2)CC1. The summed E-state index contributed by atoms with van der Waals surface area (Å²) in [7, 11) is 1.36. The van der Waals surface area contributed by atoms with Gasteiger partial charge in [-0.15, -0.1) is 0 Å². The van der Waals surface area contributed by atoms with E-state index in [-0.39, 0.29) is 5.97 Å². The van der Waals surface area contributed by atoms with Crippen LogP contribution in [0.25, 0.3) is 0 Å². The standard InChI is InChI=1S/C17H24ClN3O4/c1-3-24-11-12-4-8-21(9-5-12)16-19-13(18)10-14(20-16)25-17(6-7-17)15(22)23-2/h10,12H,3-9,11H2,1-2H3. The number of carbonyl (C=O) groups is 1. The van der Waals surface area contributed by atoms with E-state index in [4.69, 9.17) is 25.8 Å². The van der Waals surface area contributed by atoms with Crippen LogP contribution in [-0.4, -0.2) is 55.0 Å². The van der Waals surface area contributed by atoms with E-state index in [0.717, 1.165) is 39.1 Å². The van der Waals surface area contributed by atoms with Crippen molar-refractivity contribution in [1.29, 1.82) is 0 Å². The maximum Gasteiger partial charge on any atom is 0.350 e. The predicted molar refractivity (Wildman–Crippen MR) is 93.1 cm³/mol. The molecular weight excluding hydrogens is 346 g/mol. The minimum atomic E-state index is -0.909. The number of nitrogens with zero attached hydrogens (tertiary/aromatic N) is 3. The molecule has 1 aliphatic carbocycles. The molecule has 1 aliphatic heterocycles. The summed E-state index contributed by atoms with van der Waals surface area (Å²) < 4.78 is 16.1. The molecule has 1 aromatic heterocycles. The second-order valence-corrected chi connectivity index (χ2v) is 6.89. The maximum atomic E-state index is 11.8. The second kappa shape index (κ2) is 7.74. The van der Waals surface area contributed by atoms with Gasteiger partial charge >= 0.3 is 5.97 Å². The highest BCUT2D eigenvalue weighted by Gasteiger charge is 2.54. The third-order valence-corrected chi connectivity index (χ3v) is 4.87. The zero-order valence-electron chi connectivity index (χ0n) is 14.7. The van der Waals surface area contributed by atoms with Crippen molar-refractivity contribution in [2.75, 3.05) is 38.3 Å². The third kappa shape index (κ3) is 4.33. The Bertz CT molecular complexity index is 616. The zero-order chi connectivity index (χ0) is 17.9. The maximum absolute atomic E-state index is 11.8. The third-order valence-electron chi connectivity index (χ3n) is 4.68. The van der Waals surface area contributed by atoms with Crippen LogP contribution in [0.5, 0.6) is 5.88 Å². The summed E-state index contributed by atoms with van der Waals surface area (Å²) in [4.78, 5) is 22.7. The summed E-state index contributed by atoms with van der Waals surface area (Å²) in [5, 5.41) is 0.303. The molecule has 0 aromatic carbocycles. The first kappa shape index (κ1) is 18.2. The van der Waals surface area contributed by atoms with E-state index >= 15 is 0 Å². The lowest BCUT2D eigenvalue weighted by molar-refractivity contribution is -0.151. The van der Waals surface area contributed by atoms with Crippen LogP contribution in [0.3, 0.4) is 0 Å². The Morgan fingerprint density at radius 1 is 1.36 bits per heavy atom. The molecular formula is C17H24ClN3O4. The summed E-state index contributed by atoms with van der Waals surface area (Å²) >= 11 is 6.14. The fourth-order valence-electron chi connectivity index (χ4n) is 3.01. The summed E-state index contributed by atoms with van der Waals surface area (Å²) in [6.45, 7) is 5.26. The molecule has 0 spiro atoms.